The number of fused-ring (bicyclic) bond motifs is 2. The fourth-order valence-electron chi connectivity index (χ4n) is 6.32. The minimum atomic E-state index is -1.58. The number of carboxylic acid groups (broad SMARTS) is 2. The Bertz CT molecular complexity index is 1900. The lowest BCUT2D eigenvalue weighted by Gasteiger charge is -2.32. The smallest absolute Gasteiger partial charge is 0.305 e. The molecule has 1 aliphatic heterocycles. The first kappa shape index (κ1) is 53.3. The summed E-state index contributed by atoms with van der Waals surface area (Å²) >= 11 is 0. The molecule has 0 spiro atoms. The second-order valence-corrected chi connectivity index (χ2v) is 15.5. The lowest BCUT2D eigenvalue weighted by Crippen LogP contribution is -2.57. The van der Waals surface area contributed by atoms with Gasteiger partial charge in [0.15, 0.2) is 5.96 Å². The van der Waals surface area contributed by atoms with E-state index < -0.39 is 115 Å². The molecule has 1 aromatic rings. The molecule has 64 heavy (non-hydrogen) atoms. The highest BCUT2D eigenvalue weighted by Crippen LogP contribution is 2.19. The van der Waals surface area contributed by atoms with Gasteiger partial charge < -0.3 is 69.5 Å². The molecule has 15 N–H and O–H groups in total. The van der Waals surface area contributed by atoms with Crippen molar-refractivity contribution in [3.05, 3.63) is 29.3 Å². The molecule has 0 saturated heterocycles. The maximum absolute atomic E-state index is 14.0. The summed E-state index contributed by atoms with van der Waals surface area (Å²) in [7, 11) is 1.36. The van der Waals surface area contributed by atoms with Crippen LogP contribution in [0.2, 0.25) is 0 Å². The number of nitrogens with one attached hydrogen (secondary N) is 7. The van der Waals surface area contributed by atoms with Gasteiger partial charge >= 0.3 is 11.9 Å². The summed E-state index contributed by atoms with van der Waals surface area (Å²) in [5, 5.41) is 36.3. The number of nitrogens with zero attached hydrogens (tertiary/aromatic N) is 2. The van der Waals surface area contributed by atoms with Crippen molar-refractivity contribution in [1.29, 1.82) is 0 Å². The van der Waals surface area contributed by atoms with Crippen molar-refractivity contribution >= 4 is 70.8 Å². The van der Waals surface area contributed by atoms with Crippen molar-refractivity contribution in [2.75, 3.05) is 32.0 Å². The Hall–Kier alpha value is -6.85. The molecule has 5 atom stereocenters. The van der Waals surface area contributed by atoms with Gasteiger partial charge in [0.05, 0.1) is 25.4 Å². The Labute approximate surface area is 370 Å². The van der Waals surface area contributed by atoms with E-state index in [0.717, 1.165) is 4.90 Å². The molecular weight excluding hydrogens is 841 g/mol. The second kappa shape index (κ2) is 26.6. The molecule has 354 valence electrons. The van der Waals surface area contributed by atoms with E-state index in [9.17, 15) is 58.2 Å². The predicted octanol–water partition coefficient (Wildman–Crippen LogP) is -2.66. The molecular formula is C40H62N12O12. The van der Waals surface area contributed by atoms with Crippen LogP contribution in [0.4, 0.5) is 5.69 Å². The number of aliphatic imine (C=N–C) groups is 1. The summed E-state index contributed by atoms with van der Waals surface area (Å²) in [5.74, 6) is -9.15. The first-order valence-corrected chi connectivity index (χ1v) is 20.8. The molecule has 1 heterocycles. The van der Waals surface area contributed by atoms with Crippen LogP contribution < -0.4 is 54.4 Å². The number of guanidine groups is 1. The number of rotatable bonds is 20. The highest BCUT2D eigenvalue weighted by atomic mass is 16.4. The Kier molecular flexibility index (Phi) is 22.1. The fourth-order valence-corrected chi connectivity index (χ4v) is 6.32. The molecule has 24 nitrogen and oxygen atoms in total. The summed E-state index contributed by atoms with van der Waals surface area (Å²) in [6.07, 6.45) is 0.279. The lowest BCUT2D eigenvalue weighted by molar-refractivity contribution is -0.142. The number of likely N-dealkylation sites (N-methyl/N-ethyl adjacent to an activating group) is 1. The minimum Gasteiger partial charge on any atom is -0.481 e. The number of nitrogens with two attached hydrogens (primary N) is 3. The number of hydrogen-bond donors (Lipinski definition) is 12. The van der Waals surface area contributed by atoms with Crippen LogP contribution in [-0.2, 0) is 49.7 Å². The largest absolute Gasteiger partial charge is 0.481 e. The number of carboxylic acids is 2. The maximum atomic E-state index is 14.0. The van der Waals surface area contributed by atoms with E-state index in [1.54, 1.807) is 20.8 Å². The third-order valence-electron chi connectivity index (χ3n) is 9.89. The Balaban J connectivity index is 2.32. The standard InChI is InChI=1S/C40H62N12O12/c1-5-25(41)35(60)50-27(18-32(57)58)36(61)44-12-8-6-7-11-29(53)48-24-15-22-14-23(16-24)34(59)51-33(21(2)3)39(64)52(4)28(10-9-13-45-40(42)43)38(63)47-20-30(54)49-26(17-31(55)56)37(62)46-19-22/h14-16,21,25-28,33H,5-13,17-20,41H2,1-4H3,(H,44,61)(H,46,62)(H,47,63)(H,48,53)(H,49,54)(H,50,60)(H,51,59)(H,55,56)(H,57,58)(H4,42,43,45)/t25-,26+,27+,28+,33-/m1/s1. The normalized spacial score (nSPS) is 18.4. The topological polar surface area (TPSA) is 389 Å². The number of carbonyl (C=O) groups is 10. The molecule has 2 rings (SSSR count). The first-order chi connectivity index (χ1) is 30.1. The average Bonchev–Trinajstić information content (AvgIpc) is 3.22. The number of aliphatic carboxylic acids is 2. The van der Waals surface area contributed by atoms with Crippen LogP contribution in [0.1, 0.15) is 94.5 Å². The molecule has 8 amide bonds. The van der Waals surface area contributed by atoms with E-state index >= 15 is 0 Å². The van der Waals surface area contributed by atoms with E-state index in [1.165, 1.54) is 25.2 Å². The number of benzene rings is 1. The summed E-state index contributed by atoms with van der Waals surface area (Å²) in [6, 6.07) is -1.96. The van der Waals surface area contributed by atoms with Crippen molar-refractivity contribution in [1.82, 2.24) is 36.8 Å². The quantitative estimate of drug-likeness (QED) is 0.0361. The Morgan fingerprint density at radius 3 is 2.20 bits per heavy atom. The molecule has 1 aliphatic rings. The van der Waals surface area contributed by atoms with Gasteiger partial charge in [-0.25, -0.2) is 0 Å². The molecule has 0 radical (unpaired) electrons. The van der Waals surface area contributed by atoms with Gasteiger partial charge in [-0.15, -0.1) is 0 Å². The highest BCUT2D eigenvalue weighted by molar-refractivity contribution is 6.01. The molecule has 0 unspecified atom stereocenters. The van der Waals surface area contributed by atoms with Gasteiger partial charge in [-0.05, 0) is 61.8 Å². The van der Waals surface area contributed by atoms with Gasteiger partial charge in [-0.1, -0.05) is 27.2 Å². The van der Waals surface area contributed by atoms with Crippen molar-refractivity contribution in [3.63, 3.8) is 0 Å². The number of carbonyl (C=O) groups excluding carboxylic acids is 8. The number of unbranched alkanes of at least 4 members (excludes halogenated alkanes) is 2. The summed E-state index contributed by atoms with van der Waals surface area (Å²) in [4.78, 5) is 133. The third kappa shape index (κ3) is 18.6. The Morgan fingerprint density at radius 2 is 1.58 bits per heavy atom. The van der Waals surface area contributed by atoms with E-state index in [-0.39, 0.29) is 68.1 Å². The fraction of sp³-hybridized carbons (Fsp3) is 0.575. The minimum absolute atomic E-state index is 0.00340. The van der Waals surface area contributed by atoms with E-state index in [4.69, 9.17) is 17.2 Å². The number of anilines is 1. The van der Waals surface area contributed by atoms with E-state index in [2.05, 4.69) is 42.2 Å². The van der Waals surface area contributed by atoms with Crippen LogP contribution in [-0.4, -0.2) is 137 Å². The van der Waals surface area contributed by atoms with E-state index in [0.29, 0.717) is 19.3 Å². The molecule has 0 saturated carbocycles. The average molecular weight is 903 g/mol. The first-order valence-electron chi connectivity index (χ1n) is 20.8. The van der Waals surface area contributed by atoms with Gasteiger partial charge in [0.25, 0.3) is 5.91 Å². The highest BCUT2D eigenvalue weighted by Gasteiger charge is 2.34. The molecule has 24 heteroatoms. The molecule has 0 fully saturated rings. The number of amides is 8. The predicted molar refractivity (Wildman–Crippen MR) is 231 cm³/mol. The van der Waals surface area contributed by atoms with Gasteiger partial charge in [0.1, 0.15) is 24.2 Å². The van der Waals surface area contributed by atoms with Crippen LogP contribution in [0.3, 0.4) is 0 Å². The number of hydrogen-bond acceptors (Lipinski definition) is 12. The third-order valence-corrected chi connectivity index (χ3v) is 9.89. The second-order valence-electron chi connectivity index (χ2n) is 15.5. The summed E-state index contributed by atoms with van der Waals surface area (Å²) in [5.41, 5.74) is 16.9. The van der Waals surface area contributed by atoms with Crippen molar-refractivity contribution < 1.29 is 58.2 Å². The van der Waals surface area contributed by atoms with E-state index in [1.807, 2.05) is 0 Å². The Morgan fingerprint density at radius 1 is 0.891 bits per heavy atom. The van der Waals surface area contributed by atoms with Gasteiger partial charge in [-0.3, -0.25) is 52.9 Å². The van der Waals surface area contributed by atoms with Crippen LogP contribution in [0.15, 0.2) is 23.2 Å². The van der Waals surface area contributed by atoms with Crippen molar-refractivity contribution in [3.8, 4) is 0 Å². The molecule has 0 aromatic heterocycles. The monoisotopic (exact) mass is 902 g/mol. The van der Waals surface area contributed by atoms with Crippen LogP contribution in [0.25, 0.3) is 0 Å². The maximum Gasteiger partial charge on any atom is 0.305 e. The van der Waals surface area contributed by atoms with Crippen LogP contribution >= 0.6 is 0 Å². The molecule has 0 aliphatic carbocycles. The SMILES string of the molecule is CC[C@@H](N)C(=O)N[C@@H](CC(=O)O)C(=O)NCCCCCC(=O)Nc1cc2cc(c1)C(=O)N[C@H](C(C)C)C(=O)N(C)[C@@H](CCCN=C(N)N)C(=O)NCC(=O)N[C@@H](CC(=O)O)C(=O)NC2. The van der Waals surface area contributed by atoms with Gasteiger partial charge in [0, 0.05) is 44.4 Å². The zero-order valence-electron chi connectivity index (χ0n) is 36.5. The zero-order chi connectivity index (χ0) is 48.1. The lowest BCUT2D eigenvalue weighted by atomic mass is 9.99. The van der Waals surface area contributed by atoms with Crippen LogP contribution in [0.5, 0.6) is 0 Å². The molecule has 2 bridgehead atoms. The van der Waals surface area contributed by atoms with Crippen molar-refractivity contribution in [2.45, 2.75) is 115 Å². The molecule has 1 aromatic carbocycles. The van der Waals surface area contributed by atoms with Crippen molar-refractivity contribution in [2.24, 2.45) is 28.1 Å². The van der Waals surface area contributed by atoms with Crippen LogP contribution in [0, 0.1) is 5.92 Å². The van der Waals surface area contributed by atoms with Gasteiger partial charge in [0.2, 0.25) is 41.4 Å². The summed E-state index contributed by atoms with van der Waals surface area (Å²) in [6.45, 7) is 4.29. The zero-order valence-corrected chi connectivity index (χ0v) is 36.5. The van der Waals surface area contributed by atoms with Gasteiger partial charge in [-0.2, -0.15) is 0 Å². The summed E-state index contributed by atoms with van der Waals surface area (Å²) < 4.78 is 0.